The van der Waals surface area contributed by atoms with Crippen LogP contribution >= 0.6 is 22.9 Å². The molecular formula is C17H14ClN3OS. The minimum absolute atomic E-state index is 0.207. The van der Waals surface area contributed by atoms with Crippen molar-refractivity contribution < 1.29 is 4.79 Å². The van der Waals surface area contributed by atoms with E-state index in [-0.39, 0.29) is 5.91 Å². The summed E-state index contributed by atoms with van der Waals surface area (Å²) >= 11 is 7.44. The fourth-order valence-corrected chi connectivity index (χ4v) is 3.12. The van der Waals surface area contributed by atoms with Crippen molar-refractivity contribution in [1.29, 1.82) is 0 Å². The third-order valence-electron chi connectivity index (χ3n) is 3.21. The molecule has 3 rings (SSSR count). The monoisotopic (exact) mass is 343 g/mol. The first kappa shape index (κ1) is 15.6. The summed E-state index contributed by atoms with van der Waals surface area (Å²) in [4.78, 5) is 21.6. The third kappa shape index (κ3) is 4.15. The van der Waals surface area contributed by atoms with E-state index in [1.54, 1.807) is 24.5 Å². The maximum Gasteiger partial charge on any atom is 0.259 e. The number of aromatic nitrogens is 2. The Morgan fingerprint density at radius 1 is 1.22 bits per heavy atom. The van der Waals surface area contributed by atoms with Crippen LogP contribution in [0.4, 0.5) is 5.13 Å². The maximum atomic E-state index is 12.1. The van der Waals surface area contributed by atoms with Gasteiger partial charge in [0.15, 0.2) is 5.13 Å². The van der Waals surface area contributed by atoms with Gasteiger partial charge in [-0.25, -0.2) is 4.98 Å². The zero-order valence-corrected chi connectivity index (χ0v) is 14.0. The lowest BCUT2D eigenvalue weighted by Crippen LogP contribution is -2.11. The number of anilines is 1. The van der Waals surface area contributed by atoms with Gasteiger partial charge < -0.3 is 0 Å². The standard InChI is InChI=1S/C17H14ClN3OS/c1-11-5-6-13(9-19-11)16(22)21-17-20-10-15(23-17)8-12-3-2-4-14(18)7-12/h2-7,9-10H,8H2,1H3,(H,20,21,22). The van der Waals surface area contributed by atoms with E-state index in [1.165, 1.54) is 11.3 Å². The zero-order chi connectivity index (χ0) is 16.2. The molecule has 4 nitrogen and oxygen atoms in total. The van der Waals surface area contributed by atoms with Crippen molar-refractivity contribution in [2.75, 3.05) is 5.32 Å². The SMILES string of the molecule is Cc1ccc(C(=O)Nc2ncc(Cc3cccc(Cl)c3)s2)cn1. The Morgan fingerprint density at radius 2 is 2.09 bits per heavy atom. The van der Waals surface area contributed by atoms with E-state index >= 15 is 0 Å². The number of halogens is 1. The van der Waals surface area contributed by atoms with Crippen LogP contribution in [0, 0.1) is 6.92 Å². The second kappa shape index (κ2) is 6.89. The van der Waals surface area contributed by atoms with Crippen molar-refractivity contribution in [1.82, 2.24) is 9.97 Å². The van der Waals surface area contributed by atoms with Gasteiger partial charge in [-0.1, -0.05) is 23.7 Å². The Kier molecular flexibility index (Phi) is 4.69. The highest BCUT2D eigenvalue weighted by molar-refractivity contribution is 7.15. The van der Waals surface area contributed by atoms with Crippen LogP contribution in [0.3, 0.4) is 0 Å². The number of amides is 1. The topological polar surface area (TPSA) is 54.9 Å². The summed E-state index contributed by atoms with van der Waals surface area (Å²) in [5.41, 5.74) is 2.50. The minimum Gasteiger partial charge on any atom is -0.298 e. The molecule has 2 aromatic heterocycles. The molecule has 0 radical (unpaired) electrons. The molecule has 0 spiro atoms. The predicted octanol–water partition coefficient (Wildman–Crippen LogP) is 4.34. The molecule has 1 amide bonds. The first-order chi connectivity index (χ1) is 11.1. The van der Waals surface area contributed by atoms with Gasteiger partial charge >= 0.3 is 0 Å². The van der Waals surface area contributed by atoms with Crippen molar-refractivity contribution in [2.45, 2.75) is 13.3 Å². The fraction of sp³-hybridized carbons (Fsp3) is 0.118. The van der Waals surface area contributed by atoms with Crippen LogP contribution in [0.15, 0.2) is 48.8 Å². The number of carbonyl (C=O) groups is 1. The number of benzene rings is 1. The second-order valence-electron chi connectivity index (χ2n) is 5.08. The van der Waals surface area contributed by atoms with Gasteiger partial charge in [-0.15, -0.1) is 11.3 Å². The smallest absolute Gasteiger partial charge is 0.259 e. The van der Waals surface area contributed by atoms with Crippen LogP contribution < -0.4 is 5.32 Å². The van der Waals surface area contributed by atoms with Gasteiger partial charge in [-0.3, -0.25) is 15.1 Å². The van der Waals surface area contributed by atoms with Crippen LogP contribution in [0.2, 0.25) is 5.02 Å². The van der Waals surface area contributed by atoms with Gasteiger partial charge in [-0.2, -0.15) is 0 Å². The largest absolute Gasteiger partial charge is 0.298 e. The lowest BCUT2D eigenvalue weighted by atomic mass is 10.1. The molecule has 0 saturated carbocycles. The summed E-state index contributed by atoms with van der Waals surface area (Å²) < 4.78 is 0. The molecule has 0 bridgehead atoms. The molecule has 0 unspecified atom stereocenters. The second-order valence-corrected chi connectivity index (χ2v) is 6.63. The number of thiazole rings is 1. The Balaban J connectivity index is 1.67. The van der Waals surface area contributed by atoms with Crippen LogP contribution in [0.25, 0.3) is 0 Å². The average Bonchev–Trinajstić information content (AvgIpc) is 2.95. The van der Waals surface area contributed by atoms with Crippen molar-refractivity contribution in [3.63, 3.8) is 0 Å². The quantitative estimate of drug-likeness (QED) is 0.766. The Bertz CT molecular complexity index is 830. The third-order valence-corrected chi connectivity index (χ3v) is 4.36. The maximum absolute atomic E-state index is 12.1. The van der Waals surface area contributed by atoms with E-state index in [1.807, 2.05) is 31.2 Å². The van der Waals surface area contributed by atoms with E-state index in [4.69, 9.17) is 11.6 Å². The number of hydrogen-bond donors (Lipinski definition) is 1. The molecule has 2 heterocycles. The fourth-order valence-electron chi connectivity index (χ4n) is 2.07. The highest BCUT2D eigenvalue weighted by Crippen LogP contribution is 2.22. The molecule has 0 saturated heterocycles. The Hall–Kier alpha value is -2.24. The Morgan fingerprint density at radius 3 is 2.83 bits per heavy atom. The van der Waals surface area contributed by atoms with Crippen LogP contribution in [-0.2, 0) is 6.42 Å². The van der Waals surface area contributed by atoms with Gasteiger partial charge in [-0.05, 0) is 36.8 Å². The van der Waals surface area contributed by atoms with Crippen molar-refractivity contribution in [3.8, 4) is 0 Å². The van der Waals surface area contributed by atoms with E-state index in [0.717, 1.165) is 22.6 Å². The van der Waals surface area contributed by atoms with Crippen molar-refractivity contribution in [2.24, 2.45) is 0 Å². The van der Waals surface area contributed by atoms with E-state index in [9.17, 15) is 4.79 Å². The summed E-state index contributed by atoms with van der Waals surface area (Å²) in [7, 11) is 0. The summed E-state index contributed by atoms with van der Waals surface area (Å²) in [6, 6.07) is 11.3. The zero-order valence-electron chi connectivity index (χ0n) is 12.4. The summed E-state index contributed by atoms with van der Waals surface area (Å²) in [6.45, 7) is 1.88. The molecule has 0 aliphatic carbocycles. The highest BCUT2D eigenvalue weighted by atomic mass is 35.5. The van der Waals surface area contributed by atoms with E-state index in [0.29, 0.717) is 15.7 Å². The number of aryl methyl sites for hydroxylation is 1. The highest BCUT2D eigenvalue weighted by Gasteiger charge is 2.10. The lowest BCUT2D eigenvalue weighted by Gasteiger charge is -2.01. The van der Waals surface area contributed by atoms with Gasteiger partial charge in [0.2, 0.25) is 0 Å². The van der Waals surface area contributed by atoms with Crippen LogP contribution in [-0.4, -0.2) is 15.9 Å². The molecule has 1 N–H and O–H groups in total. The van der Waals surface area contributed by atoms with Gasteiger partial charge in [0.05, 0.1) is 5.56 Å². The predicted molar refractivity (Wildman–Crippen MR) is 93.3 cm³/mol. The summed E-state index contributed by atoms with van der Waals surface area (Å²) in [6.07, 6.45) is 4.07. The minimum atomic E-state index is -0.207. The molecule has 6 heteroatoms. The van der Waals surface area contributed by atoms with Crippen LogP contribution in [0.1, 0.15) is 26.5 Å². The molecule has 1 aromatic carbocycles. The Labute approximate surface area is 143 Å². The number of hydrogen-bond acceptors (Lipinski definition) is 4. The van der Waals surface area contributed by atoms with Gasteiger partial charge in [0.1, 0.15) is 0 Å². The number of nitrogens with zero attached hydrogens (tertiary/aromatic N) is 2. The van der Waals surface area contributed by atoms with E-state index < -0.39 is 0 Å². The first-order valence-electron chi connectivity index (χ1n) is 7.03. The molecule has 0 aliphatic heterocycles. The average molecular weight is 344 g/mol. The number of carbonyl (C=O) groups excluding carboxylic acids is 1. The molecule has 0 aliphatic rings. The van der Waals surface area contributed by atoms with Crippen molar-refractivity contribution in [3.05, 3.63) is 75.5 Å². The number of nitrogens with one attached hydrogen (secondary N) is 1. The van der Waals surface area contributed by atoms with Gasteiger partial charge in [0, 0.05) is 34.4 Å². The van der Waals surface area contributed by atoms with Gasteiger partial charge in [0.25, 0.3) is 5.91 Å². The van der Waals surface area contributed by atoms with Crippen molar-refractivity contribution >= 4 is 34.0 Å². The molecule has 23 heavy (non-hydrogen) atoms. The molecule has 3 aromatic rings. The summed E-state index contributed by atoms with van der Waals surface area (Å²) in [5.74, 6) is -0.207. The number of pyridine rings is 1. The molecule has 0 fully saturated rings. The molecule has 116 valence electrons. The first-order valence-corrected chi connectivity index (χ1v) is 8.23. The lowest BCUT2D eigenvalue weighted by molar-refractivity contribution is 0.102. The normalized spacial score (nSPS) is 10.5. The molecular weight excluding hydrogens is 330 g/mol. The number of rotatable bonds is 4. The molecule has 0 atom stereocenters. The van der Waals surface area contributed by atoms with Crippen LogP contribution in [0.5, 0.6) is 0 Å². The van der Waals surface area contributed by atoms with E-state index in [2.05, 4.69) is 15.3 Å². The summed E-state index contributed by atoms with van der Waals surface area (Å²) in [5, 5.41) is 4.09.